The zero-order valence-corrected chi connectivity index (χ0v) is 9.11. The fraction of sp³-hybridized carbons (Fsp3) is 0.167. The first kappa shape index (κ1) is 11.3. The molecule has 1 amide bonds. The maximum absolute atomic E-state index is 12.6. The molecule has 1 aromatic carbocycles. The van der Waals surface area contributed by atoms with Crippen LogP contribution >= 0.6 is 0 Å². The molecule has 88 valence electrons. The molecule has 5 heteroatoms. The van der Waals surface area contributed by atoms with Gasteiger partial charge in [0.25, 0.3) is 5.91 Å². The van der Waals surface area contributed by atoms with Gasteiger partial charge in [-0.05, 0) is 24.1 Å². The number of benzene rings is 1. The van der Waals surface area contributed by atoms with Crippen molar-refractivity contribution in [3.8, 4) is 0 Å². The number of aromatic amines is 1. The third kappa shape index (κ3) is 3.14. The number of nitrogens with one attached hydrogen (secondary N) is 2. The van der Waals surface area contributed by atoms with Gasteiger partial charge < -0.3 is 5.32 Å². The first-order valence-electron chi connectivity index (χ1n) is 5.27. The Balaban J connectivity index is 1.80. The Morgan fingerprint density at radius 3 is 2.76 bits per heavy atom. The van der Waals surface area contributed by atoms with Crippen molar-refractivity contribution in [1.82, 2.24) is 15.5 Å². The predicted octanol–water partition coefficient (Wildman–Crippen LogP) is 1.52. The van der Waals surface area contributed by atoms with Crippen molar-refractivity contribution in [3.63, 3.8) is 0 Å². The van der Waals surface area contributed by atoms with E-state index >= 15 is 0 Å². The molecule has 0 saturated carbocycles. The molecule has 17 heavy (non-hydrogen) atoms. The van der Waals surface area contributed by atoms with Gasteiger partial charge in [0.2, 0.25) is 0 Å². The first-order chi connectivity index (χ1) is 8.25. The topological polar surface area (TPSA) is 57.8 Å². The van der Waals surface area contributed by atoms with E-state index in [0.29, 0.717) is 18.5 Å². The van der Waals surface area contributed by atoms with E-state index in [2.05, 4.69) is 15.5 Å². The van der Waals surface area contributed by atoms with Crippen molar-refractivity contribution < 1.29 is 9.18 Å². The van der Waals surface area contributed by atoms with Crippen LogP contribution in [0.2, 0.25) is 0 Å². The fourth-order valence-corrected chi connectivity index (χ4v) is 1.45. The summed E-state index contributed by atoms with van der Waals surface area (Å²) in [6.07, 6.45) is 3.67. The molecule has 4 nitrogen and oxygen atoms in total. The second-order valence-corrected chi connectivity index (χ2v) is 3.62. The van der Waals surface area contributed by atoms with E-state index in [1.54, 1.807) is 12.1 Å². The Kier molecular flexibility index (Phi) is 3.49. The molecule has 0 spiro atoms. The Bertz CT molecular complexity index is 479. The zero-order valence-electron chi connectivity index (χ0n) is 9.11. The summed E-state index contributed by atoms with van der Waals surface area (Å²) in [5.74, 6) is -0.419. The Hall–Kier alpha value is -2.17. The number of rotatable bonds is 4. The highest BCUT2D eigenvalue weighted by Crippen LogP contribution is 2.03. The summed E-state index contributed by atoms with van der Waals surface area (Å²) in [6, 6.07) is 6.24. The minimum atomic E-state index is -0.254. The summed E-state index contributed by atoms with van der Waals surface area (Å²) >= 11 is 0. The Morgan fingerprint density at radius 2 is 2.12 bits per heavy atom. The molecule has 0 bridgehead atoms. The lowest BCUT2D eigenvalue weighted by molar-refractivity contribution is 0.0954. The molecule has 1 heterocycles. The van der Waals surface area contributed by atoms with Crippen LogP contribution in [-0.2, 0) is 6.42 Å². The van der Waals surface area contributed by atoms with Crippen LogP contribution in [-0.4, -0.2) is 22.6 Å². The normalized spacial score (nSPS) is 10.2. The molecular weight excluding hydrogens is 221 g/mol. The number of halogens is 1. The van der Waals surface area contributed by atoms with E-state index in [1.165, 1.54) is 24.5 Å². The van der Waals surface area contributed by atoms with E-state index in [-0.39, 0.29) is 11.7 Å². The van der Waals surface area contributed by atoms with E-state index < -0.39 is 0 Å². The van der Waals surface area contributed by atoms with Crippen LogP contribution in [0.3, 0.4) is 0 Å². The molecular formula is C12H12FN3O. The highest BCUT2D eigenvalue weighted by atomic mass is 19.1. The number of carbonyl (C=O) groups excluding carboxylic acids is 1. The van der Waals surface area contributed by atoms with Crippen LogP contribution in [0.15, 0.2) is 36.7 Å². The number of amides is 1. The molecule has 0 unspecified atom stereocenters. The van der Waals surface area contributed by atoms with Gasteiger partial charge in [-0.3, -0.25) is 9.89 Å². The molecule has 0 aliphatic rings. The maximum Gasteiger partial charge on any atom is 0.254 e. The van der Waals surface area contributed by atoms with Gasteiger partial charge in [-0.25, -0.2) is 4.39 Å². The van der Waals surface area contributed by atoms with Crippen molar-refractivity contribution >= 4 is 5.91 Å². The van der Waals surface area contributed by atoms with E-state index in [4.69, 9.17) is 0 Å². The number of hydrogen-bond donors (Lipinski definition) is 2. The van der Waals surface area contributed by atoms with Crippen molar-refractivity contribution in [2.75, 3.05) is 6.54 Å². The van der Waals surface area contributed by atoms with Gasteiger partial charge in [-0.2, -0.15) is 5.10 Å². The van der Waals surface area contributed by atoms with Crippen LogP contribution < -0.4 is 5.32 Å². The highest BCUT2D eigenvalue weighted by Gasteiger charge is 2.05. The number of aromatic nitrogens is 2. The van der Waals surface area contributed by atoms with Crippen molar-refractivity contribution in [2.45, 2.75) is 6.42 Å². The molecule has 2 N–H and O–H groups in total. The van der Waals surface area contributed by atoms with Crippen LogP contribution in [0.1, 0.15) is 15.9 Å². The van der Waals surface area contributed by atoms with Crippen LogP contribution in [0.25, 0.3) is 0 Å². The number of nitrogens with zero attached hydrogens (tertiary/aromatic N) is 1. The molecule has 0 fully saturated rings. The van der Waals surface area contributed by atoms with Crippen molar-refractivity contribution in [1.29, 1.82) is 0 Å². The lowest BCUT2D eigenvalue weighted by Gasteiger charge is -2.03. The maximum atomic E-state index is 12.6. The lowest BCUT2D eigenvalue weighted by Crippen LogP contribution is -2.25. The standard InChI is InChI=1S/C12H12FN3O/c13-11-3-1-9(2-4-11)5-6-14-12(17)10-7-15-16-8-10/h1-4,7-8H,5-6H2,(H,14,17)(H,15,16). The summed E-state index contributed by atoms with van der Waals surface area (Å²) in [7, 11) is 0. The molecule has 0 radical (unpaired) electrons. The highest BCUT2D eigenvalue weighted by molar-refractivity contribution is 5.93. The van der Waals surface area contributed by atoms with Crippen LogP contribution in [0.5, 0.6) is 0 Å². The van der Waals surface area contributed by atoms with Gasteiger partial charge in [0, 0.05) is 12.7 Å². The molecule has 0 atom stereocenters. The summed E-state index contributed by atoms with van der Waals surface area (Å²) in [4.78, 5) is 11.5. The second-order valence-electron chi connectivity index (χ2n) is 3.62. The molecule has 0 aliphatic heterocycles. The van der Waals surface area contributed by atoms with E-state index in [0.717, 1.165) is 5.56 Å². The van der Waals surface area contributed by atoms with Gasteiger partial charge in [0.1, 0.15) is 5.82 Å². The molecule has 1 aromatic heterocycles. The monoisotopic (exact) mass is 233 g/mol. The van der Waals surface area contributed by atoms with Gasteiger partial charge >= 0.3 is 0 Å². The van der Waals surface area contributed by atoms with Crippen LogP contribution in [0, 0.1) is 5.82 Å². The number of carbonyl (C=O) groups is 1. The van der Waals surface area contributed by atoms with Gasteiger partial charge in [-0.15, -0.1) is 0 Å². The van der Waals surface area contributed by atoms with Crippen molar-refractivity contribution in [2.24, 2.45) is 0 Å². The third-order valence-corrected chi connectivity index (χ3v) is 2.37. The van der Waals surface area contributed by atoms with Crippen LogP contribution in [0.4, 0.5) is 4.39 Å². The van der Waals surface area contributed by atoms with E-state index in [9.17, 15) is 9.18 Å². The second kappa shape index (κ2) is 5.25. The quantitative estimate of drug-likeness (QED) is 0.841. The SMILES string of the molecule is O=C(NCCc1ccc(F)cc1)c1cn[nH]c1. The number of H-pyrrole nitrogens is 1. The van der Waals surface area contributed by atoms with Crippen molar-refractivity contribution in [3.05, 3.63) is 53.6 Å². The average Bonchev–Trinajstić information content (AvgIpc) is 2.85. The van der Waals surface area contributed by atoms with Gasteiger partial charge in [0.15, 0.2) is 0 Å². The first-order valence-corrected chi connectivity index (χ1v) is 5.27. The minimum absolute atomic E-state index is 0.166. The molecule has 2 aromatic rings. The third-order valence-electron chi connectivity index (χ3n) is 2.37. The Morgan fingerprint density at radius 1 is 1.35 bits per heavy atom. The zero-order chi connectivity index (χ0) is 12.1. The predicted molar refractivity (Wildman–Crippen MR) is 61.0 cm³/mol. The van der Waals surface area contributed by atoms with E-state index in [1.807, 2.05) is 0 Å². The molecule has 0 saturated heterocycles. The summed E-state index contributed by atoms with van der Waals surface area (Å²) < 4.78 is 12.6. The number of hydrogen-bond acceptors (Lipinski definition) is 2. The molecule has 2 rings (SSSR count). The lowest BCUT2D eigenvalue weighted by atomic mass is 10.1. The minimum Gasteiger partial charge on any atom is -0.352 e. The average molecular weight is 233 g/mol. The fourth-order valence-electron chi connectivity index (χ4n) is 1.45. The summed E-state index contributed by atoms with van der Waals surface area (Å²) in [5.41, 5.74) is 1.49. The molecule has 0 aliphatic carbocycles. The van der Waals surface area contributed by atoms with Gasteiger partial charge in [0.05, 0.1) is 11.8 Å². The Labute approximate surface area is 97.9 Å². The smallest absolute Gasteiger partial charge is 0.254 e. The summed E-state index contributed by atoms with van der Waals surface area (Å²) in [5, 5.41) is 9.02. The summed E-state index contributed by atoms with van der Waals surface area (Å²) in [6.45, 7) is 0.510. The largest absolute Gasteiger partial charge is 0.352 e. The van der Waals surface area contributed by atoms with Gasteiger partial charge in [-0.1, -0.05) is 12.1 Å².